The molecule has 3 aromatic rings. The van der Waals surface area contributed by atoms with Crippen LogP contribution in [0.4, 0.5) is 0 Å². The van der Waals surface area contributed by atoms with Gasteiger partial charge in [0.1, 0.15) is 5.03 Å². The zero-order chi connectivity index (χ0) is 13.9. The van der Waals surface area contributed by atoms with Gasteiger partial charge in [-0.3, -0.25) is 0 Å². The van der Waals surface area contributed by atoms with Gasteiger partial charge in [0.2, 0.25) is 0 Å². The fourth-order valence-electron chi connectivity index (χ4n) is 2.07. The quantitative estimate of drug-likeness (QED) is 0.754. The Morgan fingerprint density at radius 2 is 1.80 bits per heavy atom. The van der Waals surface area contributed by atoms with Crippen molar-refractivity contribution in [3.8, 4) is 0 Å². The van der Waals surface area contributed by atoms with Crippen LogP contribution in [-0.2, 0) is 6.54 Å². The van der Waals surface area contributed by atoms with Gasteiger partial charge in [-0.25, -0.2) is 4.98 Å². The van der Waals surface area contributed by atoms with Crippen LogP contribution < -0.4 is 5.73 Å². The summed E-state index contributed by atoms with van der Waals surface area (Å²) in [6.07, 6.45) is 0. The molecule has 0 atom stereocenters. The standard InChI is InChI=1S/C16H13BrN2S/c17-12-5-7-13(8-6-12)20-16-9-11(10-18)14-3-1-2-4-15(14)19-16/h1-9H,10,18H2. The van der Waals surface area contributed by atoms with E-state index in [9.17, 15) is 0 Å². The molecule has 100 valence electrons. The van der Waals surface area contributed by atoms with Gasteiger partial charge in [0, 0.05) is 21.3 Å². The number of nitrogens with two attached hydrogens (primary N) is 1. The first-order valence-corrected chi connectivity index (χ1v) is 7.89. The molecule has 0 aliphatic rings. The lowest BCUT2D eigenvalue weighted by atomic mass is 10.1. The third kappa shape index (κ3) is 2.87. The van der Waals surface area contributed by atoms with E-state index in [1.807, 2.05) is 30.3 Å². The van der Waals surface area contributed by atoms with Crippen LogP contribution in [0, 0.1) is 0 Å². The molecule has 0 saturated carbocycles. The van der Waals surface area contributed by atoms with Gasteiger partial charge in [0.25, 0.3) is 0 Å². The molecule has 0 aliphatic carbocycles. The molecule has 3 rings (SSSR count). The second-order valence-corrected chi connectivity index (χ2v) is 6.41. The molecule has 4 heteroatoms. The molecular weight excluding hydrogens is 332 g/mol. The molecule has 0 radical (unpaired) electrons. The third-order valence-electron chi connectivity index (χ3n) is 3.03. The van der Waals surface area contributed by atoms with E-state index in [2.05, 4.69) is 40.2 Å². The summed E-state index contributed by atoms with van der Waals surface area (Å²) in [6, 6.07) is 18.4. The summed E-state index contributed by atoms with van der Waals surface area (Å²) in [5, 5.41) is 2.11. The van der Waals surface area contributed by atoms with Gasteiger partial charge >= 0.3 is 0 Å². The molecular formula is C16H13BrN2S. The van der Waals surface area contributed by atoms with Gasteiger partial charge in [-0.15, -0.1) is 0 Å². The molecule has 0 saturated heterocycles. The van der Waals surface area contributed by atoms with E-state index in [0.717, 1.165) is 26.0 Å². The Bertz CT molecular complexity index is 741. The predicted molar refractivity (Wildman–Crippen MR) is 87.9 cm³/mol. The number of benzene rings is 2. The van der Waals surface area contributed by atoms with Gasteiger partial charge in [-0.2, -0.15) is 0 Å². The second kappa shape index (κ2) is 5.95. The van der Waals surface area contributed by atoms with Crippen molar-refractivity contribution >= 4 is 38.6 Å². The van der Waals surface area contributed by atoms with Crippen LogP contribution in [-0.4, -0.2) is 4.98 Å². The van der Waals surface area contributed by atoms with Crippen LogP contribution in [0.3, 0.4) is 0 Å². The molecule has 0 fully saturated rings. The summed E-state index contributed by atoms with van der Waals surface area (Å²) in [7, 11) is 0. The lowest BCUT2D eigenvalue weighted by molar-refractivity contribution is 1.05. The molecule has 0 amide bonds. The number of hydrogen-bond acceptors (Lipinski definition) is 3. The van der Waals surface area contributed by atoms with Crippen LogP contribution in [0.5, 0.6) is 0 Å². The number of fused-ring (bicyclic) bond motifs is 1. The van der Waals surface area contributed by atoms with Crippen molar-refractivity contribution in [1.29, 1.82) is 0 Å². The lowest BCUT2D eigenvalue weighted by Gasteiger charge is -2.08. The van der Waals surface area contributed by atoms with Gasteiger partial charge in [-0.1, -0.05) is 45.9 Å². The average molecular weight is 345 g/mol. The third-order valence-corrected chi connectivity index (χ3v) is 4.49. The summed E-state index contributed by atoms with van der Waals surface area (Å²) < 4.78 is 1.08. The SMILES string of the molecule is NCc1cc(Sc2ccc(Br)cc2)nc2ccccc12. The Hall–Kier alpha value is -1.36. The van der Waals surface area contributed by atoms with Gasteiger partial charge in [0.15, 0.2) is 0 Å². The molecule has 2 aromatic carbocycles. The van der Waals surface area contributed by atoms with Gasteiger partial charge in [-0.05, 0) is 42.0 Å². The normalized spacial score (nSPS) is 10.9. The molecule has 0 bridgehead atoms. The second-order valence-electron chi connectivity index (χ2n) is 4.40. The minimum Gasteiger partial charge on any atom is -0.326 e. The Kier molecular flexibility index (Phi) is 4.05. The van der Waals surface area contributed by atoms with Crippen LogP contribution >= 0.6 is 27.7 Å². The fourth-order valence-corrected chi connectivity index (χ4v) is 3.19. The first-order valence-electron chi connectivity index (χ1n) is 6.28. The minimum absolute atomic E-state index is 0.525. The van der Waals surface area contributed by atoms with E-state index in [-0.39, 0.29) is 0 Å². The maximum atomic E-state index is 5.85. The average Bonchev–Trinajstić information content (AvgIpc) is 2.49. The summed E-state index contributed by atoms with van der Waals surface area (Å²) >= 11 is 5.10. The van der Waals surface area contributed by atoms with Crippen LogP contribution in [0.15, 0.2) is 69.0 Å². The predicted octanol–water partition coefficient (Wildman–Crippen LogP) is 4.61. The van der Waals surface area contributed by atoms with Crippen molar-refractivity contribution in [3.05, 3.63) is 64.6 Å². The van der Waals surface area contributed by atoms with E-state index in [4.69, 9.17) is 10.7 Å². The Morgan fingerprint density at radius 3 is 2.55 bits per heavy atom. The number of para-hydroxylation sites is 1. The number of halogens is 1. The van der Waals surface area contributed by atoms with E-state index < -0.39 is 0 Å². The minimum atomic E-state index is 0.525. The Balaban J connectivity index is 2.01. The van der Waals surface area contributed by atoms with Crippen LogP contribution in [0.2, 0.25) is 0 Å². The van der Waals surface area contributed by atoms with Crippen molar-refractivity contribution in [3.63, 3.8) is 0 Å². The molecule has 0 unspecified atom stereocenters. The maximum Gasteiger partial charge on any atom is 0.102 e. The molecule has 1 aromatic heterocycles. The number of aromatic nitrogens is 1. The number of pyridine rings is 1. The molecule has 20 heavy (non-hydrogen) atoms. The van der Waals surface area contributed by atoms with Crippen molar-refractivity contribution < 1.29 is 0 Å². The van der Waals surface area contributed by atoms with Crippen molar-refractivity contribution in [2.24, 2.45) is 5.73 Å². The Morgan fingerprint density at radius 1 is 1.05 bits per heavy atom. The van der Waals surface area contributed by atoms with Crippen molar-refractivity contribution in [2.45, 2.75) is 16.5 Å². The highest BCUT2D eigenvalue weighted by Crippen LogP contribution is 2.30. The number of rotatable bonds is 3. The molecule has 0 aliphatic heterocycles. The van der Waals surface area contributed by atoms with Crippen molar-refractivity contribution in [1.82, 2.24) is 4.98 Å². The van der Waals surface area contributed by atoms with Crippen molar-refractivity contribution in [2.75, 3.05) is 0 Å². The molecule has 2 N–H and O–H groups in total. The summed E-state index contributed by atoms with van der Waals surface area (Å²) in [5.74, 6) is 0. The fraction of sp³-hybridized carbons (Fsp3) is 0.0625. The largest absolute Gasteiger partial charge is 0.326 e. The van der Waals surface area contributed by atoms with Crippen LogP contribution in [0.1, 0.15) is 5.56 Å². The maximum absolute atomic E-state index is 5.85. The van der Waals surface area contributed by atoms with Crippen LogP contribution in [0.25, 0.3) is 10.9 Å². The monoisotopic (exact) mass is 344 g/mol. The highest BCUT2D eigenvalue weighted by atomic mass is 79.9. The zero-order valence-corrected chi connectivity index (χ0v) is 13.1. The molecule has 0 spiro atoms. The molecule has 2 nitrogen and oxygen atoms in total. The highest BCUT2D eigenvalue weighted by Gasteiger charge is 2.06. The van der Waals surface area contributed by atoms with E-state index >= 15 is 0 Å². The van der Waals surface area contributed by atoms with Gasteiger partial charge < -0.3 is 5.73 Å². The number of hydrogen-bond donors (Lipinski definition) is 1. The molecule has 1 heterocycles. The summed E-state index contributed by atoms with van der Waals surface area (Å²) in [4.78, 5) is 5.86. The smallest absolute Gasteiger partial charge is 0.102 e. The Labute approximate surface area is 130 Å². The van der Waals surface area contributed by atoms with Gasteiger partial charge in [0.05, 0.1) is 5.52 Å². The van der Waals surface area contributed by atoms with E-state index in [0.29, 0.717) is 6.54 Å². The zero-order valence-electron chi connectivity index (χ0n) is 10.7. The first kappa shape index (κ1) is 13.6. The highest BCUT2D eigenvalue weighted by molar-refractivity contribution is 9.10. The van der Waals surface area contributed by atoms with E-state index in [1.165, 1.54) is 4.90 Å². The van der Waals surface area contributed by atoms with E-state index in [1.54, 1.807) is 11.8 Å². The summed E-state index contributed by atoms with van der Waals surface area (Å²) in [6.45, 7) is 0.525. The number of nitrogens with zero attached hydrogens (tertiary/aromatic N) is 1. The summed E-state index contributed by atoms with van der Waals surface area (Å²) in [5.41, 5.74) is 7.98. The topological polar surface area (TPSA) is 38.9 Å². The lowest BCUT2D eigenvalue weighted by Crippen LogP contribution is -1.99. The first-order chi connectivity index (χ1) is 9.76.